The second-order valence-electron chi connectivity index (χ2n) is 8.11. The summed E-state index contributed by atoms with van der Waals surface area (Å²) in [6, 6.07) is 15.1. The number of sulfone groups is 1. The minimum atomic E-state index is -4.05. The van der Waals surface area contributed by atoms with Gasteiger partial charge in [0.15, 0.2) is 9.84 Å². The van der Waals surface area contributed by atoms with Crippen LogP contribution in [0.5, 0.6) is 0 Å². The van der Waals surface area contributed by atoms with Gasteiger partial charge in [-0.15, -0.1) is 0 Å². The Kier molecular flexibility index (Phi) is 7.40. The number of carbonyl (C=O) groups is 1. The summed E-state index contributed by atoms with van der Waals surface area (Å²) in [5, 5.41) is 2.77. The number of hydrogen-bond acceptors (Lipinski definition) is 5. The first kappa shape index (κ1) is 25.7. The van der Waals surface area contributed by atoms with Crippen molar-refractivity contribution in [2.75, 3.05) is 11.0 Å². The SMILES string of the molecule is Cc1ccc(NS(=O)(=O)c2cc(C(=O)NC(C)c3ccc(S(C)(=O)=O)cc3)ccc2Cl)c(C)c1. The van der Waals surface area contributed by atoms with Crippen LogP contribution in [0.25, 0.3) is 0 Å². The van der Waals surface area contributed by atoms with Gasteiger partial charge in [-0.05, 0) is 68.3 Å². The highest BCUT2D eigenvalue weighted by Gasteiger charge is 2.22. The second kappa shape index (κ2) is 9.77. The predicted molar refractivity (Wildman–Crippen MR) is 134 cm³/mol. The number of amides is 1. The van der Waals surface area contributed by atoms with Crippen molar-refractivity contribution in [2.45, 2.75) is 36.6 Å². The maximum Gasteiger partial charge on any atom is 0.263 e. The molecule has 0 aliphatic heterocycles. The molecule has 3 aromatic carbocycles. The molecular weight excluding hydrogens is 496 g/mol. The molecular formula is C24H25ClN2O5S2. The largest absolute Gasteiger partial charge is 0.346 e. The van der Waals surface area contributed by atoms with Gasteiger partial charge in [-0.3, -0.25) is 9.52 Å². The molecule has 1 amide bonds. The number of hydrogen-bond donors (Lipinski definition) is 2. The zero-order valence-electron chi connectivity index (χ0n) is 19.1. The molecule has 180 valence electrons. The van der Waals surface area contributed by atoms with Crippen molar-refractivity contribution in [1.82, 2.24) is 5.32 Å². The summed E-state index contributed by atoms with van der Waals surface area (Å²) in [5.41, 5.74) is 2.98. The third-order valence-corrected chi connectivity index (χ3v) is 8.24. The number of aryl methyl sites for hydroxylation is 2. The van der Waals surface area contributed by atoms with Crippen LogP contribution in [0.3, 0.4) is 0 Å². The van der Waals surface area contributed by atoms with Crippen molar-refractivity contribution < 1.29 is 21.6 Å². The first-order valence-corrected chi connectivity index (χ1v) is 14.0. The lowest BCUT2D eigenvalue weighted by molar-refractivity contribution is 0.0939. The Labute approximate surface area is 205 Å². The van der Waals surface area contributed by atoms with Crippen LogP contribution < -0.4 is 10.0 Å². The van der Waals surface area contributed by atoms with Gasteiger partial charge in [0.1, 0.15) is 4.90 Å². The van der Waals surface area contributed by atoms with E-state index in [1.54, 1.807) is 38.1 Å². The lowest BCUT2D eigenvalue weighted by atomic mass is 10.1. The van der Waals surface area contributed by atoms with Crippen molar-refractivity contribution in [2.24, 2.45) is 0 Å². The van der Waals surface area contributed by atoms with E-state index in [9.17, 15) is 21.6 Å². The molecule has 0 saturated carbocycles. The average molecular weight is 521 g/mol. The van der Waals surface area contributed by atoms with Gasteiger partial charge in [-0.1, -0.05) is 41.4 Å². The molecule has 3 aromatic rings. The monoisotopic (exact) mass is 520 g/mol. The Morgan fingerprint density at radius 2 is 1.56 bits per heavy atom. The molecule has 2 N–H and O–H groups in total. The molecule has 7 nitrogen and oxygen atoms in total. The molecule has 0 radical (unpaired) electrons. The molecule has 1 unspecified atom stereocenters. The molecule has 0 heterocycles. The highest BCUT2D eigenvalue weighted by molar-refractivity contribution is 7.92. The van der Waals surface area contributed by atoms with Crippen LogP contribution in [0.15, 0.2) is 70.5 Å². The molecule has 34 heavy (non-hydrogen) atoms. The van der Waals surface area contributed by atoms with Gasteiger partial charge in [0.25, 0.3) is 15.9 Å². The number of halogens is 1. The maximum atomic E-state index is 13.0. The summed E-state index contributed by atoms with van der Waals surface area (Å²) in [4.78, 5) is 12.8. The summed E-state index contributed by atoms with van der Waals surface area (Å²) < 4.78 is 51.8. The van der Waals surface area contributed by atoms with Crippen LogP contribution in [0.2, 0.25) is 5.02 Å². The summed E-state index contributed by atoms with van der Waals surface area (Å²) in [5.74, 6) is -0.501. The normalized spacial score (nSPS) is 12.7. The van der Waals surface area contributed by atoms with E-state index in [-0.39, 0.29) is 20.4 Å². The number of benzene rings is 3. The van der Waals surface area contributed by atoms with Gasteiger partial charge >= 0.3 is 0 Å². The first-order chi connectivity index (χ1) is 15.8. The van der Waals surface area contributed by atoms with Gasteiger partial charge in [-0.2, -0.15) is 0 Å². The summed E-state index contributed by atoms with van der Waals surface area (Å²) in [6.07, 6.45) is 1.12. The second-order valence-corrected chi connectivity index (χ2v) is 12.2. The quantitative estimate of drug-likeness (QED) is 0.471. The number of rotatable bonds is 7. The Balaban J connectivity index is 1.82. The van der Waals surface area contributed by atoms with Crippen LogP contribution in [-0.2, 0) is 19.9 Å². The molecule has 0 aromatic heterocycles. The predicted octanol–water partition coefficient (Wildman–Crippen LogP) is 4.65. The van der Waals surface area contributed by atoms with E-state index in [1.165, 1.54) is 30.3 Å². The lowest BCUT2D eigenvalue weighted by Gasteiger charge is -2.16. The Morgan fingerprint density at radius 1 is 0.912 bits per heavy atom. The van der Waals surface area contributed by atoms with Gasteiger partial charge in [0.2, 0.25) is 0 Å². The summed E-state index contributed by atoms with van der Waals surface area (Å²) in [6.45, 7) is 5.44. The number of nitrogens with one attached hydrogen (secondary N) is 2. The van der Waals surface area contributed by atoms with Crippen molar-refractivity contribution in [3.8, 4) is 0 Å². The van der Waals surface area contributed by atoms with E-state index in [1.807, 2.05) is 13.0 Å². The van der Waals surface area contributed by atoms with Gasteiger partial charge in [0, 0.05) is 11.8 Å². The van der Waals surface area contributed by atoms with E-state index in [0.717, 1.165) is 17.4 Å². The number of carbonyl (C=O) groups excluding carboxylic acids is 1. The summed E-state index contributed by atoms with van der Waals surface area (Å²) in [7, 11) is -7.38. The fraction of sp³-hybridized carbons (Fsp3) is 0.208. The number of sulfonamides is 1. The molecule has 0 spiro atoms. The molecule has 0 fully saturated rings. The van der Waals surface area contributed by atoms with Crippen LogP contribution in [-0.4, -0.2) is 29.0 Å². The lowest BCUT2D eigenvalue weighted by Crippen LogP contribution is -2.27. The Morgan fingerprint density at radius 3 is 2.15 bits per heavy atom. The highest BCUT2D eigenvalue weighted by atomic mass is 35.5. The zero-order chi connectivity index (χ0) is 25.3. The number of anilines is 1. The standard InChI is InChI=1S/C24H25ClN2O5S2/c1-15-5-12-22(16(2)13-15)27-34(31,32)23-14-19(8-11-21(23)25)24(28)26-17(3)18-6-9-20(10-7-18)33(4,29)30/h5-14,17,27H,1-4H3,(H,26,28). The Bertz CT molecular complexity index is 1450. The highest BCUT2D eigenvalue weighted by Crippen LogP contribution is 2.27. The van der Waals surface area contributed by atoms with Crippen LogP contribution in [0.4, 0.5) is 5.69 Å². The smallest absolute Gasteiger partial charge is 0.263 e. The maximum absolute atomic E-state index is 13.0. The van der Waals surface area contributed by atoms with E-state index in [2.05, 4.69) is 10.0 Å². The van der Waals surface area contributed by atoms with Crippen LogP contribution in [0, 0.1) is 13.8 Å². The summed E-state index contributed by atoms with van der Waals surface area (Å²) >= 11 is 6.17. The fourth-order valence-electron chi connectivity index (χ4n) is 3.35. The van der Waals surface area contributed by atoms with Gasteiger partial charge in [-0.25, -0.2) is 16.8 Å². The zero-order valence-corrected chi connectivity index (χ0v) is 21.5. The third kappa shape index (κ3) is 5.97. The fourth-order valence-corrected chi connectivity index (χ4v) is 5.63. The molecule has 0 aliphatic carbocycles. The Hall–Kier alpha value is -2.88. The molecule has 0 aliphatic rings. The van der Waals surface area contributed by atoms with Crippen molar-refractivity contribution >= 4 is 43.1 Å². The van der Waals surface area contributed by atoms with Crippen molar-refractivity contribution in [3.63, 3.8) is 0 Å². The van der Waals surface area contributed by atoms with Gasteiger partial charge in [0.05, 0.1) is 21.6 Å². The minimum Gasteiger partial charge on any atom is -0.346 e. The van der Waals surface area contributed by atoms with Crippen molar-refractivity contribution in [1.29, 1.82) is 0 Å². The van der Waals surface area contributed by atoms with E-state index < -0.39 is 31.8 Å². The first-order valence-electron chi connectivity index (χ1n) is 10.3. The molecule has 0 bridgehead atoms. The topological polar surface area (TPSA) is 109 Å². The average Bonchev–Trinajstić information content (AvgIpc) is 2.75. The molecule has 3 rings (SSSR count). The van der Waals surface area contributed by atoms with Crippen LogP contribution >= 0.6 is 11.6 Å². The van der Waals surface area contributed by atoms with Gasteiger partial charge < -0.3 is 5.32 Å². The van der Waals surface area contributed by atoms with Crippen LogP contribution in [0.1, 0.15) is 40.0 Å². The molecule has 1 atom stereocenters. The van der Waals surface area contributed by atoms with Crippen molar-refractivity contribution in [3.05, 3.63) is 87.9 Å². The van der Waals surface area contributed by atoms with E-state index in [4.69, 9.17) is 11.6 Å². The molecule has 10 heteroatoms. The minimum absolute atomic E-state index is 0.0155. The van der Waals surface area contributed by atoms with E-state index >= 15 is 0 Å². The van der Waals surface area contributed by atoms with E-state index in [0.29, 0.717) is 11.3 Å². The third-order valence-electron chi connectivity index (χ3n) is 5.26. The molecule has 0 saturated heterocycles.